The highest BCUT2D eigenvalue weighted by Gasteiger charge is 2.21. The summed E-state index contributed by atoms with van der Waals surface area (Å²) in [6.45, 7) is 1.70. The molecule has 3 aromatic rings. The van der Waals surface area contributed by atoms with Crippen molar-refractivity contribution in [2.45, 2.75) is 6.92 Å². The van der Waals surface area contributed by atoms with Crippen LogP contribution in [0.15, 0.2) is 36.4 Å². The van der Waals surface area contributed by atoms with Crippen molar-refractivity contribution in [1.82, 2.24) is 4.98 Å². The number of aryl methyl sites for hydroxylation is 1. The first-order valence-corrected chi connectivity index (χ1v) is 9.13. The smallest absolute Gasteiger partial charge is 0.267 e. The van der Waals surface area contributed by atoms with Gasteiger partial charge in [0.05, 0.1) is 32.6 Å². The summed E-state index contributed by atoms with van der Waals surface area (Å²) in [6.07, 6.45) is 0. The van der Waals surface area contributed by atoms with Gasteiger partial charge in [0, 0.05) is 23.9 Å². The highest BCUT2D eigenvalue weighted by molar-refractivity contribution is 7.17. The van der Waals surface area contributed by atoms with Crippen LogP contribution in [-0.2, 0) is 0 Å². The van der Waals surface area contributed by atoms with Gasteiger partial charge in [-0.2, -0.15) is 0 Å². The Hall–Kier alpha value is -3.13. The molecule has 2 aromatic carbocycles. The molecule has 1 heterocycles. The van der Waals surface area contributed by atoms with Crippen molar-refractivity contribution in [3.63, 3.8) is 0 Å². The molecule has 0 unspecified atom stereocenters. The van der Waals surface area contributed by atoms with Crippen molar-refractivity contribution in [1.29, 1.82) is 0 Å². The molecule has 146 valence electrons. The number of rotatable bonds is 6. The minimum absolute atomic E-state index is 0.236. The van der Waals surface area contributed by atoms with E-state index < -0.39 is 5.82 Å². The molecule has 3 rings (SSSR count). The maximum atomic E-state index is 14.3. The number of thiazole rings is 1. The van der Waals surface area contributed by atoms with Crippen LogP contribution in [0.1, 0.15) is 15.4 Å². The number of carbonyl (C=O) groups is 1. The Morgan fingerprint density at radius 2 is 1.75 bits per heavy atom. The van der Waals surface area contributed by atoms with Gasteiger partial charge in [0.15, 0.2) is 0 Å². The molecular weight excluding hydrogens is 383 g/mol. The highest BCUT2D eigenvalue weighted by atomic mass is 32.1. The second kappa shape index (κ2) is 8.26. The normalized spacial score (nSPS) is 10.5. The first-order chi connectivity index (χ1) is 13.5. The Morgan fingerprint density at radius 1 is 1.07 bits per heavy atom. The van der Waals surface area contributed by atoms with Gasteiger partial charge in [-0.15, -0.1) is 11.3 Å². The molecule has 1 aromatic heterocycles. The molecule has 6 nitrogen and oxygen atoms in total. The lowest BCUT2D eigenvalue weighted by molar-refractivity contribution is 0.103. The molecule has 0 aliphatic heterocycles. The van der Waals surface area contributed by atoms with Gasteiger partial charge in [0.1, 0.15) is 33.0 Å². The molecule has 0 aliphatic carbocycles. The van der Waals surface area contributed by atoms with Crippen LogP contribution < -0.4 is 19.5 Å². The Bertz CT molecular complexity index is 997. The topological polar surface area (TPSA) is 69.7 Å². The van der Waals surface area contributed by atoms with Crippen molar-refractivity contribution in [2.24, 2.45) is 0 Å². The maximum Gasteiger partial charge on any atom is 0.267 e. The van der Waals surface area contributed by atoms with Gasteiger partial charge in [-0.1, -0.05) is 6.07 Å². The Kier molecular flexibility index (Phi) is 5.79. The minimum atomic E-state index is -0.461. The van der Waals surface area contributed by atoms with Gasteiger partial charge in [-0.3, -0.25) is 4.79 Å². The number of hydrogen-bond donors (Lipinski definition) is 1. The largest absolute Gasteiger partial charge is 0.497 e. The lowest BCUT2D eigenvalue weighted by Crippen LogP contribution is -2.11. The van der Waals surface area contributed by atoms with E-state index in [1.807, 2.05) is 0 Å². The molecule has 0 atom stereocenters. The summed E-state index contributed by atoms with van der Waals surface area (Å²) in [5.74, 6) is 0.641. The lowest BCUT2D eigenvalue weighted by Gasteiger charge is -2.09. The molecule has 0 aliphatic rings. The van der Waals surface area contributed by atoms with Crippen LogP contribution in [0.3, 0.4) is 0 Å². The van der Waals surface area contributed by atoms with Gasteiger partial charge in [-0.05, 0) is 19.1 Å². The van der Waals surface area contributed by atoms with Gasteiger partial charge < -0.3 is 19.5 Å². The Morgan fingerprint density at radius 3 is 2.36 bits per heavy atom. The molecule has 0 fully saturated rings. The van der Waals surface area contributed by atoms with E-state index in [0.29, 0.717) is 38.5 Å². The third-order valence-corrected chi connectivity index (χ3v) is 5.19. The van der Waals surface area contributed by atoms with Crippen LogP contribution in [0.5, 0.6) is 17.2 Å². The monoisotopic (exact) mass is 402 g/mol. The molecule has 1 N–H and O–H groups in total. The van der Waals surface area contributed by atoms with Crippen LogP contribution in [-0.4, -0.2) is 32.2 Å². The molecule has 0 saturated heterocycles. The van der Waals surface area contributed by atoms with Crippen molar-refractivity contribution < 1.29 is 23.4 Å². The fourth-order valence-electron chi connectivity index (χ4n) is 2.66. The average Bonchev–Trinajstić information content (AvgIpc) is 3.08. The number of anilines is 1. The summed E-state index contributed by atoms with van der Waals surface area (Å²) in [6, 6.07) is 9.60. The number of carbonyl (C=O) groups excluding carboxylic acids is 1. The van der Waals surface area contributed by atoms with Crippen molar-refractivity contribution in [3.05, 3.63) is 52.8 Å². The van der Waals surface area contributed by atoms with E-state index >= 15 is 0 Å². The van der Waals surface area contributed by atoms with Crippen LogP contribution in [0.25, 0.3) is 10.6 Å². The molecule has 1 amide bonds. The van der Waals surface area contributed by atoms with Gasteiger partial charge in [0.2, 0.25) is 0 Å². The van der Waals surface area contributed by atoms with Gasteiger partial charge in [-0.25, -0.2) is 9.37 Å². The molecule has 8 heteroatoms. The summed E-state index contributed by atoms with van der Waals surface area (Å²) in [7, 11) is 4.52. The number of methoxy groups -OCH3 is 3. The first kappa shape index (κ1) is 19.6. The number of amides is 1. The number of nitrogens with zero attached hydrogens (tertiary/aromatic N) is 1. The Labute approximate surface area is 165 Å². The van der Waals surface area contributed by atoms with Gasteiger partial charge >= 0.3 is 0 Å². The third kappa shape index (κ3) is 3.91. The summed E-state index contributed by atoms with van der Waals surface area (Å²) in [5, 5.41) is 3.18. The molecule has 0 bridgehead atoms. The number of halogens is 1. The maximum absolute atomic E-state index is 14.3. The van der Waals surface area contributed by atoms with Crippen LogP contribution in [0.2, 0.25) is 0 Å². The zero-order chi connectivity index (χ0) is 20.3. The molecule has 0 radical (unpaired) electrons. The minimum Gasteiger partial charge on any atom is -0.497 e. The van der Waals surface area contributed by atoms with E-state index in [1.54, 1.807) is 37.3 Å². The molecular formula is C20H19FN2O4S. The number of ether oxygens (including phenoxy) is 3. The van der Waals surface area contributed by atoms with E-state index in [4.69, 9.17) is 14.2 Å². The van der Waals surface area contributed by atoms with Crippen LogP contribution >= 0.6 is 11.3 Å². The Balaban J connectivity index is 1.93. The summed E-state index contributed by atoms with van der Waals surface area (Å²) >= 11 is 1.10. The predicted octanol–water partition coefficient (Wildman–Crippen LogP) is 4.54. The molecule has 0 spiro atoms. The summed E-state index contributed by atoms with van der Waals surface area (Å²) in [5.41, 5.74) is 1.25. The van der Waals surface area contributed by atoms with Crippen LogP contribution in [0.4, 0.5) is 10.1 Å². The number of aromatic nitrogens is 1. The number of hydrogen-bond acceptors (Lipinski definition) is 6. The average molecular weight is 402 g/mol. The van der Waals surface area contributed by atoms with E-state index in [2.05, 4.69) is 10.3 Å². The quantitative estimate of drug-likeness (QED) is 0.656. The fourth-order valence-corrected chi connectivity index (χ4v) is 3.68. The van der Waals surface area contributed by atoms with Crippen molar-refractivity contribution >= 4 is 22.9 Å². The molecule has 28 heavy (non-hydrogen) atoms. The zero-order valence-corrected chi connectivity index (χ0v) is 16.6. The predicted molar refractivity (Wildman–Crippen MR) is 106 cm³/mol. The van der Waals surface area contributed by atoms with Crippen molar-refractivity contribution in [2.75, 3.05) is 26.6 Å². The van der Waals surface area contributed by atoms with E-state index in [0.717, 1.165) is 11.3 Å². The first-order valence-electron chi connectivity index (χ1n) is 8.31. The standard InChI is InChI=1S/C20H19FN2O4S/c1-11-18(19(24)23-12-8-13(25-2)10-14(9-12)26-3)28-20(22-11)17-15(21)6-5-7-16(17)27-4/h5-10H,1-4H3,(H,23,24). The van der Waals surface area contributed by atoms with Gasteiger partial charge in [0.25, 0.3) is 5.91 Å². The second-order valence-corrected chi connectivity index (χ2v) is 6.81. The number of benzene rings is 2. The SMILES string of the molecule is COc1cc(NC(=O)c2sc(-c3c(F)cccc3OC)nc2C)cc(OC)c1. The third-order valence-electron chi connectivity index (χ3n) is 4.02. The van der Waals surface area contributed by atoms with Crippen LogP contribution in [0, 0.1) is 12.7 Å². The van der Waals surface area contributed by atoms with E-state index in [9.17, 15) is 9.18 Å². The van der Waals surface area contributed by atoms with Crippen molar-refractivity contribution in [3.8, 4) is 27.8 Å². The highest BCUT2D eigenvalue weighted by Crippen LogP contribution is 2.36. The fraction of sp³-hybridized carbons (Fsp3) is 0.200. The zero-order valence-electron chi connectivity index (χ0n) is 15.8. The summed E-state index contributed by atoms with van der Waals surface area (Å²) < 4.78 is 30.0. The second-order valence-electron chi connectivity index (χ2n) is 5.81. The summed E-state index contributed by atoms with van der Waals surface area (Å²) in [4.78, 5) is 17.5. The molecule has 0 saturated carbocycles. The van der Waals surface area contributed by atoms with E-state index in [-0.39, 0.29) is 11.5 Å². The number of nitrogens with one attached hydrogen (secondary N) is 1. The van der Waals surface area contributed by atoms with E-state index in [1.165, 1.54) is 27.4 Å². The lowest BCUT2D eigenvalue weighted by atomic mass is 10.2.